The van der Waals surface area contributed by atoms with Gasteiger partial charge in [-0.2, -0.15) is 0 Å². The highest BCUT2D eigenvalue weighted by atomic mass is 16.5. The molecule has 18 heavy (non-hydrogen) atoms. The first-order valence-corrected chi connectivity index (χ1v) is 5.53. The minimum absolute atomic E-state index is 0.277. The number of nitrogen functional groups attached to an aromatic ring is 1. The van der Waals surface area contributed by atoms with E-state index in [4.69, 9.17) is 15.2 Å². The molecule has 5 heteroatoms. The molecular weight excluding hydrogens is 230 g/mol. The lowest BCUT2D eigenvalue weighted by Gasteiger charge is -2.10. The molecule has 0 aliphatic rings. The molecule has 1 heterocycles. The molecule has 0 spiro atoms. The Bertz CT molecular complexity index is 526. The summed E-state index contributed by atoms with van der Waals surface area (Å²) in [6.45, 7) is 2.27. The van der Waals surface area contributed by atoms with Gasteiger partial charge in [-0.25, -0.2) is 9.97 Å². The van der Waals surface area contributed by atoms with Crippen molar-refractivity contribution in [2.24, 2.45) is 0 Å². The summed E-state index contributed by atoms with van der Waals surface area (Å²) in [5.41, 5.74) is 7.16. The summed E-state index contributed by atoms with van der Waals surface area (Å²) >= 11 is 0. The van der Waals surface area contributed by atoms with Crippen LogP contribution in [0.1, 0.15) is 11.4 Å². The molecule has 2 aromatic rings. The Morgan fingerprint density at radius 3 is 2.56 bits per heavy atom. The van der Waals surface area contributed by atoms with Gasteiger partial charge in [-0.15, -0.1) is 0 Å². The summed E-state index contributed by atoms with van der Waals surface area (Å²) in [7, 11) is 1.61. The molecule has 0 amide bonds. The molecule has 0 bridgehead atoms. The Morgan fingerprint density at radius 1 is 1.17 bits per heavy atom. The lowest BCUT2D eigenvalue weighted by Crippen LogP contribution is -2.03. The zero-order chi connectivity index (χ0) is 13.0. The molecule has 0 aliphatic heterocycles. The van der Waals surface area contributed by atoms with Crippen molar-refractivity contribution in [2.45, 2.75) is 13.5 Å². The van der Waals surface area contributed by atoms with E-state index >= 15 is 0 Å². The van der Waals surface area contributed by atoms with Gasteiger partial charge in [0.05, 0.1) is 25.2 Å². The Morgan fingerprint density at radius 2 is 1.89 bits per heavy atom. The minimum atomic E-state index is 0.277. The van der Waals surface area contributed by atoms with E-state index in [2.05, 4.69) is 9.97 Å². The fraction of sp³-hybridized carbons (Fsp3) is 0.231. The monoisotopic (exact) mass is 245 g/mol. The second-order valence-electron chi connectivity index (χ2n) is 3.88. The summed E-state index contributed by atoms with van der Waals surface area (Å²) in [5, 5.41) is 0. The lowest BCUT2D eigenvalue weighted by molar-refractivity contribution is 0.276. The van der Waals surface area contributed by atoms with E-state index in [1.54, 1.807) is 19.5 Å². The van der Waals surface area contributed by atoms with Crippen LogP contribution >= 0.6 is 0 Å². The number of aryl methyl sites for hydroxylation is 1. The van der Waals surface area contributed by atoms with Crippen LogP contribution in [0.3, 0.4) is 0 Å². The maximum atomic E-state index is 5.62. The molecule has 0 radical (unpaired) electrons. The summed E-state index contributed by atoms with van der Waals surface area (Å²) in [5.74, 6) is 1.95. The molecule has 2 N–H and O–H groups in total. The van der Waals surface area contributed by atoms with Gasteiger partial charge in [0.2, 0.25) is 0 Å². The van der Waals surface area contributed by atoms with Gasteiger partial charge in [0.1, 0.15) is 6.61 Å². The van der Waals surface area contributed by atoms with E-state index in [9.17, 15) is 0 Å². The highest BCUT2D eigenvalue weighted by molar-refractivity contribution is 5.42. The number of benzene rings is 1. The number of aromatic nitrogens is 2. The van der Waals surface area contributed by atoms with Crippen LogP contribution in [0, 0.1) is 6.92 Å². The number of hydrogen-bond donors (Lipinski definition) is 1. The van der Waals surface area contributed by atoms with Crippen molar-refractivity contribution in [3.05, 3.63) is 42.0 Å². The first-order chi connectivity index (χ1) is 8.69. The molecule has 0 aliphatic carbocycles. The number of nitrogens with two attached hydrogens (primary N) is 1. The van der Waals surface area contributed by atoms with E-state index in [0.29, 0.717) is 23.0 Å². The van der Waals surface area contributed by atoms with Crippen molar-refractivity contribution in [1.29, 1.82) is 0 Å². The van der Waals surface area contributed by atoms with Gasteiger partial charge >= 0.3 is 0 Å². The predicted molar refractivity (Wildman–Crippen MR) is 68.5 cm³/mol. The predicted octanol–water partition coefficient (Wildman–Crippen LogP) is 1.95. The van der Waals surface area contributed by atoms with Crippen molar-refractivity contribution in [3.63, 3.8) is 0 Å². The topological polar surface area (TPSA) is 70.3 Å². The van der Waals surface area contributed by atoms with Crippen molar-refractivity contribution in [1.82, 2.24) is 9.97 Å². The third kappa shape index (κ3) is 2.88. The van der Waals surface area contributed by atoms with Crippen LogP contribution in [0.5, 0.6) is 11.5 Å². The van der Waals surface area contributed by atoms with E-state index in [0.717, 1.165) is 5.56 Å². The third-order valence-corrected chi connectivity index (χ3v) is 2.40. The maximum absolute atomic E-state index is 5.62. The third-order valence-electron chi connectivity index (χ3n) is 2.40. The van der Waals surface area contributed by atoms with Gasteiger partial charge in [-0.05, 0) is 24.6 Å². The van der Waals surface area contributed by atoms with Crippen molar-refractivity contribution >= 4 is 5.69 Å². The Labute approximate surface area is 106 Å². The number of anilines is 1. The van der Waals surface area contributed by atoms with Gasteiger partial charge in [-0.1, -0.05) is 6.07 Å². The smallest absolute Gasteiger partial charge is 0.166 e. The largest absolute Gasteiger partial charge is 0.493 e. The molecule has 0 atom stereocenters. The van der Waals surface area contributed by atoms with Crippen molar-refractivity contribution < 1.29 is 9.47 Å². The molecule has 2 rings (SSSR count). The molecule has 5 nitrogen and oxygen atoms in total. The normalized spacial score (nSPS) is 10.1. The van der Waals surface area contributed by atoms with Gasteiger partial charge < -0.3 is 15.2 Å². The highest BCUT2D eigenvalue weighted by Crippen LogP contribution is 2.28. The Hall–Kier alpha value is -2.30. The summed E-state index contributed by atoms with van der Waals surface area (Å²) < 4.78 is 10.9. The molecule has 94 valence electrons. The second kappa shape index (κ2) is 5.35. The molecule has 1 aromatic carbocycles. The molecule has 1 aromatic heterocycles. The number of rotatable bonds is 4. The summed E-state index contributed by atoms with van der Waals surface area (Å²) in [6.07, 6.45) is 3.11. The quantitative estimate of drug-likeness (QED) is 0.891. The van der Waals surface area contributed by atoms with Crippen molar-refractivity contribution in [2.75, 3.05) is 12.8 Å². The average molecular weight is 245 g/mol. The number of ether oxygens (including phenoxy) is 2. The van der Waals surface area contributed by atoms with Crippen LogP contribution in [0.25, 0.3) is 0 Å². The van der Waals surface area contributed by atoms with Crippen LogP contribution in [0.15, 0.2) is 30.6 Å². The molecule has 0 saturated carbocycles. The summed E-state index contributed by atoms with van der Waals surface area (Å²) in [6, 6.07) is 5.74. The SMILES string of the molecule is COc1cc(C)ccc1OCc1ncc(N)cn1. The average Bonchev–Trinajstić information content (AvgIpc) is 2.39. The molecule has 0 fully saturated rings. The fourth-order valence-electron chi connectivity index (χ4n) is 1.48. The lowest BCUT2D eigenvalue weighted by atomic mass is 10.2. The molecule has 0 unspecified atom stereocenters. The van der Waals surface area contributed by atoms with Crippen LogP contribution < -0.4 is 15.2 Å². The number of hydrogen-bond acceptors (Lipinski definition) is 5. The van der Waals surface area contributed by atoms with Crippen molar-refractivity contribution in [3.8, 4) is 11.5 Å². The van der Waals surface area contributed by atoms with Gasteiger partial charge in [0, 0.05) is 0 Å². The standard InChI is InChI=1S/C13H15N3O2/c1-9-3-4-11(12(5-9)17-2)18-8-13-15-6-10(14)7-16-13/h3-7H,8,14H2,1-2H3. The van der Waals surface area contributed by atoms with Crippen LogP contribution in [0.4, 0.5) is 5.69 Å². The van der Waals surface area contributed by atoms with E-state index in [-0.39, 0.29) is 6.61 Å². The first-order valence-electron chi connectivity index (χ1n) is 5.53. The Kier molecular flexibility index (Phi) is 3.62. The van der Waals surface area contributed by atoms with E-state index in [1.807, 2.05) is 25.1 Å². The number of nitrogens with zero attached hydrogens (tertiary/aromatic N) is 2. The summed E-state index contributed by atoms with van der Waals surface area (Å²) in [4.78, 5) is 8.13. The van der Waals surface area contributed by atoms with Gasteiger partial charge in [0.25, 0.3) is 0 Å². The highest BCUT2D eigenvalue weighted by Gasteiger charge is 2.05. The second-order valence-corrected chi connectivity index (χ2v) is 3.88. The number of methoxy groups -OCH3 is 1. The van der Waals surface area contributed by atoms with E-state index < -0.39 is 0 Å². The first kappa shape index (κ1) is 12.2. The zero-order valence-electron chi connectivity index (χ0n) is 10.4. The molecule has 0 saturated heterocycles. The van der Waals surface area contributed by atoms with Crippen LogP contribution in [-0.4, -0.2) is 17.1 Å². The van der Waals surface area contributed by atoms with Gasteiger partial charge in [0.15, 0.2) is 17.3 Å². The zero-order valence-corrected chi connectivity index (χ0v) is 10.4. The van der Waals surface area contributed by atoms with Gasteiger partial charge in [-0.3, -0.25) is 0 Å². The maximum Gasteiger partial charge on any atom is 0.166 e. The van der Waals surface area contributed by atoms with E-state index in [1.165, 1.54) is 0 Å². The molecular formula is C13H15N3O2. The minimum Gasteiger partial charge on any atom is -0.493 e. The fourth-order valence-corrected chi connectivity index (χ4v) is 1.48. The Balaban J connectivity index is 2.08. The van der Waals surface area contributed by atoms with Crippen LogP contribution in [-0.2, 0) is 6.61 Å². The van der Waals surface area contributed by atoms with Crippen LogP contribution in [0.2, 0.25) is 0 Å².